The van der Waals surface area contributed by atoms with Gasteiger partial charge in [-0.25, -0.2) is 0 Å². The van der Waals surface area contributed by atoms with Crippen LogP contribution < -0.4 is 4.74 Å². The monoisotopic (exact) mass is 252 g/mol. The van der Waals surface area contributed by atoms with Crippen molar-refractivity contribution in [2.45, 2.75) is 26.9 Å². The summed E-state index contributed by atoms with van der Waals surface area (Å²) >= 11 is 0. The third-order valence-electron chi connectivity index (χ3n) is 2.73. The van der Waals surface area contributed by atoms with Crippen LogP contribution >= 0.6 is 0 Å². The molecule has 0 N–H and O–H groups in total. The van der Waals surface area contributed by atoms with Gasteiger partial charge in [0.05, 0.1) is 23.1 Å². The molecule has 3 heteroatoms. The number of ether oxygens (including phenoxy) is 1. The van der Waals surface area contributed by atoms with E-state index in [-0.39, 0.29) is 6.10 Å². The largest absolute Gasteiger partial charge is 0.491 e. The topological polar surface area (TPSA) is 45.9 Å². The van der Waals surface area contributed by atoms with Gasteiger partial charge in [-0.3, -0.25) is 4.98 Å². The minimum Gasteiger partial charge on any atom is -0.491 e. The van der Waals surface area contributed by atoms with Crippen LogP contribution in [0.3, 0.4) is 0 Å². The van der Waals surface area contributed by atoms with Crippen LogP contribution in [0.15, 0.2) is 36.4 Å². The lowest BCUT2D eigenvalue weighted by Crippen LogP contribution is -2.05. The Morgan fingerprint density at radius 3 is 2.32 bits per heavy atom. The van der Waals surface area contributed by atoms with Crippen molar-refractivity contribution in [1.29, 1.82) is 5.26 Å². The zero-order valence-electron chi connectivity index (χ0n) is 11.3. The summed E-state index contributed by atoms with van der Waals surface area (Å²) in [6.45, 7) is 5.84. The molecule has 0 aliphatic carbocycles. The van der Waals surface area contributed by atoms with E-state index in [0.29, 0.717) is 5.56 Å². The summed E-state index contributed by atoms with van der Waals surface area (Å²) in [7, 11) is 0. The molecule has 3 nitrogen and oxygen atoms in total. The van der Waals surface area contributed by atoms with Crippen LogP contribution in [-0.2, 0) is 0 Å². The average molecular weight is 252 g/mol. The lowest BCUT2D eigenvalue weighted by molar-refractivity contribution is 0.242. The summed E-state index contributed by atoms with van der Waals surface area (Å²) in [6.07, 6.45) is 0.168. The fourth-order valence-corrected chi connectivity index (χ4v) is 1.82. The van der Waals surface area contributed by atoms with E-state index in [2.05, 4.69) is 11.1 Å². The second-order valence-corrected chi connectivity index (χ2v) is 4.63. The van der Waals surface area contributed by atoms with Crippen molar-refractivity contribution in [3.05, 3.63) is 47.7 Å². The van der Waals surface area contributed by atoms with Crippen molar-refractivity contribution >= 4 is 0 Å². The van der Waals surface area contributed by atoms with Crippen molar-refractivity contribution in [2.24, 2.45) is 0 Å². The van der Waals surface area contributed by atoms with Gasteiger partial charge < -0.3 is 4.74 Å². The number of hydrogen-bond donors (Lipinski definition) is 0. The summed E-state index contributed by atoms with van der Waals surface area (Å²) in [6, 6.07) is 13.6. The lowest BCUT2D eigenvalue weighted by Gasteiger charge is -2.10. The van der Waals surface area contributed by atoms with Crippen molar-refractivity contribution in [2.75, 3.05) is 0 Å². The number of nitriles is 1. The van der Waals surface area contributed by atoms with Crippen LogP contribution in [-0.4, -0.2) is 11.1 Å². The lowest BCUT2D eigenvalue weighted by atomic mass is 10.1. The number of rotatable bonds is 3. The average Bonchev–Trinajstić information content (AvgIpc) is 2.39. The standard InChI is InChI=1S/C16H16N2O/c1-11(2)19-15-7-4-13(5-8-15)16-9-6-14(10-17)12(3)18-16/h4-9,11H,1-3H3. The quantitative estimate of drug-likeness (QED) is 0.836. The Kier molecular flexibility index (Phi) is 3.82. The Labute approximate surface area is 113 Å². The molecule has 1 heterocycles. The van der Waals surface area contributed by atoms with Gasteiger partial charge in [0.25, 0.3) is 0 Å². The van der Waals surface area contributed by atoms with E-state index in [0.717, 1.165) is 22.7 Å². The van der Waals surface area contributed by atoms with Crippen LogP contribution in [0.2, 0.25) is 0 Å². The maximum Gasteiger partial charge on any atom is 0.119 e. The first-order chi connectivity index (χ1) is 9.10. The highest BCUT2D eigenvalue weighted by Gasteiger charge is 2.04. The van der Waals surface area contributed by atoms with Crippen molar-refractivity contribution in [3.63, 3.8) is 0 Å². The molecule has 0 saturated carbocycles. The fraction of sp³-hybridized carbons (Fsp3) is 0.250. The summed E-state index contributed by atoms with van der Waals surface area (Å²) in [5.74, 6) is 0.851. The summed E-state index contributed by atoms with van der Waals surface area (Å²) in [5.41, 5.74) is 3.25. The smallest absolute Gasteiger partial charge is 0.119 e. The third-order valence-corrected chi connectivity index (χ3v) is 2.73. The minimum absolute atomic E-state index is 0.168. The summed E-state index contributed by atoms with van der Waals surface area (Å²) < 4.78 is 5.60. The fourth-order valence-electron chi connectivity index (χ4n) is 1.82. The number of hydrogen-bond acceptors (Lipinski definition) is 3. The molecule has 19 heavy (non-hydrogen) atoms. The molecule has 0 radical (unpaired) electrons. The normalized spacial score (nSPS) is 10.3. The first-order valence-corrected chi connectivity index (χ1v) is 6.25. The molecule has 0 aliphatic heterocycles. The van der Waals surface area contributed by atoms with Gasteiger partial charge in [0, 0.05) is 5.56 Å². The summed E-state index contributed by atoms with van der Waals surface area (Å²) in [5, 5.41) is 8.89. The number of benzene rings is 1. The van der Waals surface area contributed by atoms with Crippen molar-refractivity contribution in [3.8, 4) is 23.1 Å². The second-order valence-electron chi connectivity index (χ2n) is 4.63. The second kappa shape index (κ2) is 5.53. The van der Waals surface area contributed by atoms with Crippen LogP contribution in [0.1, 0.15) is 25.1 Å². The number of pyridine rings is 1. The Morgan fingerprint density at radius 2 is 1.79 bits per heavy atom. The van der Waals surface area contributed by atoms with Gasteiger partial charge >= 0.3 is 0 Å². The molecule has 2 rings (SSSR count). The molecule has 2 aromatic rings. The van der Waals surface area contributed by atoms with Crippen LogP contribution in [0.4, 0.5) is 0 Å². The van der Waals surface area contributed by atoms with Gasteiger partial charge in [0.15, 0.2) is 0 Å². The molecule has 0 fully saturated rings. The van der Waals surface area contributed by atoms with E-state index in [4.69, 9.17) is 10.00 Å². The number of nitrogens with zero attached hydrogens (tertiary/aromatic N) is 2. The van der Waals surface area contributed by atoms with E-state index in [1.165, 1.54) is 0 Å². The van der Waals surface area contributed by atoms with Gasteiger partial charge in [0.1, 0.15) is 11.8 Å². The Balaban J connectivity index is 2.27. The SMILES string of the molecule is Cc1nc(-c2ccc(OC(C)C)cc2)ccc1C#N. The first-order valence-electron chi connectivity index (χ1n) is 6.25. The molecule has 96 valence electrons. The first kappa shape index (κ1) is 13.1. The van der Waals surface area contributed by atoms with E-state index < -0.39 is 0 Å². The van der Waals surface area contributed by atoms with Gasteiger partial charge in [-0.15, -0.1) is 0 Å². The van der Waals surface area contributed by atoms with E-state index in [1.54, 1.807) is 6.07 Å². The highest BCUT2D eigenvalue weighted by atomic mass is 16.5. The van der Waals surface area contributed by atoms with Crippen LogP contribution in [0.5, 0.6) is 5.75 Å². The Morgan fingerprint density at radius 1 is 1.11 bits per heavy atom. The van der Waals surface area contributed by atoms with E-state index in [1.807, 2.05) is 51.1 Å². The molecular weight excluding hydrogens is 236 g/mol. The zero-order valence-corrected chi connectivity index (χ0v) is 11.3. The van der Waals surface area contributed by atoms with Gasteiger partial charge in [-0.2, -0.15) is 5.26 Å². The number of aryl methyl sites for hydroxylation is 1. The van der Waals surface area contributed by atoms with Crippen molar-refractivity contribution in [1.82, 2.24) is 4.98 Å². The van der Waals surface area contributed by atoms with Crippen LogP contribution in [0, 0.1) is 18.3 Å². The molecule has 1 aromatic heterocycles. The predicted octanol–water partition coefficient (Wildman–Crippen LogP) is 3.72. The minimum atomic E-state index is 0.168. The molecule has 0 amide bonds. The zero-order chi connectivity index (χ0) is 13.8. The maximum atomic E-state index is 8.89. The Bertz CT molecular complexity index is 610. The summed E-state index contributed by atoms with van der Waals surface area (Å²) in [4.78, 5) is 4.44. The van der Waals surface area contributed by atoms with Crippen molar-refractivity contribution < 1.29 is 4.74 Å². The molecule has 0 spiro atoms. The maximum absolute atomic E-state index is 8.89. The molecule has 0 aliphatic rings. The molecule has 0 unspecified atom stereocenters. The Hall–Kier alpha value is -2.34. The molecule has 1 aromatic carbocycles. The third kappa shape index (κ3) is 3.11. The van der Waals surface area contributed by atoms with Crippen LogP contribution in [0.25, 0.3) is 11.3 Å². The highest BCUT2D eigenvalue weighted by molar-refractivity contribution is 5.61. The molecule has 0 atom stereocenters. The molecule has 0 bridgehead atoms. The highest BCUT2D eigenvalue weighted by Crippen LogP contribution is 2.22. The van der Waals surface area contributed by atoms with E-state index in [9.17, 15) is 0 Å². The van der Waals surface area contributed by atoms with E-state index >= 15 is 0 Å². The van der Waals surface area contributed by atoms with Gasteiger partial charge in [-0.1, -0.05) is 0 Å². The molecular formula is C16H16N2O. The molecule has 0 saturated heterocycles. The predicted molar refractivity (Wildman–Crippen MR) is 74.9 cm³/mol. The van der Waals surface area contributed by atoms with Gasteiger partial charge in [-0.05, 0) is 57.2 Å². The van der Waals surface area contributed by atoms with Gasteiger partial charge in [0.2, 0.25) is 0 Å². The number of aromatic nitrogens is 1.